The van der Waals surface area contributed by atoms with E-state index in [0.717, 1.165) is 0 Å². The highest BCUT2D eigenvalue weighted by Crippen LogP contribution is 2.11. The van der Waals surface area contributed by atoms with E-state index in [9.17, 15) is 9.59 Å². The van der Waals surface area contributed by atoms with Gasteiger partial charge in [0.25, 0.3) is 5.91 Å². The van der Waals surface area contributed by atoms with Crippen molar-refractivity contribution in [3.63, 3.8) is 0 Å². The van der Waals surface area contributed by atoms with Crippen LogP contribution in [0.15, 0.2) is 6.20 Å². The van der Waals surface area contributed by atoms with Gasteiger partial charge in [-0.05, 0) is 27.7 Å². The van der Waals surface area contributed by atoms with Gasteiger partial charge in [-0.2, -0.15) is 0 Å². The van der Waals surface area contributed by atoms with Crippen molar-refractivity contribution < 1.29 is 14.7 Å². The number of likely N-dealkylation sites (N-methyl/N-ethyl adjacent to an activating group) is 1. The number of aryl methyl sites for hydroxylation is 2. The summed E-state index contributed by atoms with van der Waals surface area (Å²) < 4.78 is 0. The number of aliphatic carboxylic acids is 1. The molecule has 0 aromatic carbocycles. The van der Waals surface area contributed by atoms with Gasteiger partial charge in [0, 0.05) is 12.7 Å². The molecular formula is C12H17N3O3. The lowest BCUT2D eigenvalue weighted by atomic mass is 10.1. The van der Waals surface area contributed by atoms with Gasteiger partial charge in [-0.15, -0.1) is 0 Å². The molecule has 0 radical (unpaired) electrons. The van der Waals surface area contributed by atoms with Crippen molar-refractivity contribution in [3.8, 4) is 0 Å². The van der Waals surface area contributed by atoms with Gasteiger partial charge in [0.1, 0.15) is 11.9 Å². The molecule has 0 saturated heterocycles. The number of amides is 1. The van der Waals surface area contributed by atoms with Gasteiger partial charge >= 0.3 is 5.97 Å². The Morgan fingerprint density at radius 2 is 2.06 bits per heavy atom. The van der Waals surface area contributed by atoms with E-state index in [4.69, 9.17) is 5.11 Å². The molecule has 6 heteroatoms. The van der Waals surface area contributed by atoms with Crippen molar-refractivity contribution in [2.45, 2.75) is 33.7 Å². The molecule has 1 rings (SSSR count). The Morgan fingerprint density at radius 1 is 1.44 bits per heavy atom. The lowest BCUT2D eigenvalue weighted by Crippen LogP contribution is -2.43. The van der Waals surface area contributed by atoms with Crippen LogP contribution in [0.3, 0.4) is 0 Å². The fraction of sp³-hybridized carbons (Fsp3) is 0.500. The molecule has 0 spiro atoms. The predicted molar refractivity (Wildman–Crippen MR) is 65.3 cm³/mol. The second-order valence-electron chi connectivity index (χ2n) is 4.02. The Morgan fingerprint density at radius 3 is 2.50 bits per heavy atom. The first-order chi connectivity index (χ1) is 8.38. The highest BCUT2D eigenvalue weighted by atomic mass is 16.4. The molecule has 1 N–H and O–H groups in total. The van der Waals surface area contributed by atoms with Crippen LogP contribution in [0.5, 0.6) is 0 Å². The average Bonchev–Trinajstić information content (AvgIpc) is 2.29. The fourth-order valence-corrected chi connectivity index (χ4v) is 1.67. The Balaban J connectivity index is 3.07. The topological polar surface area (TPSA) is 83.4 Å². The zero-order chi connectivity index (χ0) is 13.9. The van der Waals surface area contributed by atoms with Gasteiger partial charge in [0.05, 0.1) is 11.3 Å². The molecule has 0 aliphatic heterocycles. The number of carbonyl (C=O) groups is 2. The molecule has 1 atom stereocenters. The third-order valence-electron chi connectivity index (χ3n) is 2.76. The number of nitrogens with zero attached hydrogens (tertiary/aromatic N) is 3. The summed E-state index contributed by atoms with van der Waals surface area (Å²) in [7, 11) is 0. The van der Waals surface area contributed by atoms with E-state index in [2.05, 4.69) is 9.97 Å². The SMILES string of the molecule is CCN(C(=O)c1cnc(C)nc1C)C(C)C(=O)O. The smallest absolute Gasteiger partial charge is 0.326 e. The molecule has 1 aromatic rings. The summed E-state index contributed by atoms with van der Waals surface area (Å²) in [5, 5.41) is 8.97. The molecule has 1 unspecified atom stereocenters. The highest BCUT2D eigenvalue weighted by Gasteiger charge is 2.26. The molecular weight excluding hydrogens is 234 g/mol. The molecule has 0 fully saturated rings. The molecule has 0 aliphatic carbocycles. The van der Waals surface area contributed by atoms with Crippen molar-refractivity contribution in [2.75, 3.05) is 6.54 Å². The first-order valence-electron chi connectivity index (χ1n) is 5.72. The quantitative estimate of drug-likeness (QED) is 0.864. The standard InChI is InChI=1S/C12H17N3O3/c1-5-15(8(3)12(17)18)11(16)10-6-13-9(4)14-7(10)2/h6,8H,5H2,1-4H3,(H,17,18). The minimum atomic E-state index is -1.03. The lowest BCUT2D eigenvalue weighted by molar-refractivity contribution is -0.141. The van der Waals surface area contributed by atoms with Crippen LogP contribution >= 0.6 is 0 Å². The van der Waals surface area contributed by atoms with Gasteiger partial charge in [-0.3, -0.25) is 4.79 Å². The van der Waals surface area contributed by atoms with E-state index in [0.29, 0.717) is 23.6 Å². The average molecular weight is 251 g/mol. The van der Waals surface area contributed by atoms with Crippen LogP contribution in [0, 0.1) is 13.8 Å². The summed E-state index contributed by atoms with van der Waals surface area (Å²) in [6.45, 7) is 6.98. The predicted octanol–water partition coefficient (Wildman–Crippen LogP) is 1.03. The maximum Gasteiger partial charge on any atom is 0.326 e. The third-order valence-corrected chi connectivity index (χ3v) is 2.76. The normalized spacial score (nSPS) is 12.0. The highest BCUT2D eigenvalue weighted by molar-refractivity contribution is 5.97. The molecule has 1 amide bonds. The molecule has 0 bridgehead atoms. The van der Waals surface area contributed by atoms with Crippen LogP contribution in [0.4, 0.5) is 0 Å². The zero-order valence-electron chi connectivity index (χ0n) is 11.0. The second kappa shape index (κ2) is 5.57. The van der Waals surface area contributed by atoms with Gasteiger partial charge < -0.3 is 10.0 Å². The Hall–Kier alpha value is -1.98. The number of carbonyl (C=O) groups excluding carboxylic acids is 1. The van der Waals surface area contributed by atoms with E-state index < -0.39 is 12.0 Å². The van der Waals surface area contributed by atoms with Crippen LogP contribution < -0.4 is 0 Å². The first kappa shape index (κ1) is 14.1. The largest absolute Gasteiger partial charge is 0.480 e. The second-order valence-corrected chi connectivity index (χ2v) is 4.02. The summed E-state index contributed by atoms with van der Waals surface area (Å²) in [5.74, 6) is -0.806. The van der Waals surface area contributed by atoms with Crippen molar-refractivity contribution in [1.82, 2.24) is 14.9 Å². The molecule has 18 heavy (non-hydrogen) atoms. The van der Waals surface area contributed by atoms with Crippen LogP contribution in [-0.2, 0) is 4.79 Å². The van der Waals surface area contributed by atoms with Crippen LogP contribution in [0.25, 0.3) is 0 Å². The summed E-state index contributed by atoms with van der Waals surface area (Å²) in [4.78, 5) is 32.6. The Bertz CT molecular complexity index is 474. The van der Waals surface area contributed by atoms with Crippen molar-refractivity contribution >= 4 is 11.9 Å². The Labute approximate surface area is 106 Å². The van der Waals surface area contributed by atoms with E-state index in [1.165, 1.54) is 18.0 Å². The minimum absolute atomic E-state index is 0.319. The van der Waals surface area contributed by atoms with Crippen molar-refractivity contribution in [1.29, 1.82) is 0 Å². The summed E-state index contributed by atoms with van der Waals surface area (Å²) in [6, 6.07) is -0.872. The minimum Gasteiger partial charge on any atom is -0.480 e. The van der Waals surface area contributed by atoms with E-state index in [-0.39, 0.29) is 5.91 Å². The summed E-state index contributed by atoms with van der Waals surface area (Å²) >= 11 is 0. The number of hydrogen-bond donors (Lipinski definition) is 1. The van der Waals surface area contributed by atoms with Crippen molar-refractivity contribution in [2.24, 2.45) is 0 Å². The number of hydrogen-bond acceptors (Lipinski definition) is 4. The van der Waals surface area contributed by atoms with Gasteiger partial charge in [0.15, 0.2) is 0 Å². The van der Waals surface area contributed by atoms with Gasteiger partial charge in [-0.1, -0.05) is 0 Å². The molecule has 6 nitrogen and oxygen atoms in total. The maximum atomic E-state index is 12.2. The maximum absolute atomic E-state index is 12.2. The molecule has 98 valence electrons. The van der Waals surface area contributed by atoms with Crippen LogP contribution in [0.2, 0.25) is 0 Å². The van der Waals surface area contributed by atoms with E-state index >= 15 is 0 Å². The van der Waals surface area contributed by atoms with Crippen LogP contribution in [0.1, 0.15) is 35.7 Å². The summed E-state index contributed by atoms with van der Waals surface area (Å²) in [6.07, 6.45) is 1.44. The lowest BCUT2D eigenvalue weighted by Gasteiger charge is -2.25. The first-order valence-corrected chi connectivity index (χ1v) is 5.72. The zero-order valence-corrected chi connectivity index (χ0v) is 11.0. The number of carboxylic acid groups (broad SMARTS) is 1. The third kappa shape index (κ3) is 2.82. The molecule has 1 aromatic heterocycles. The number of aromatic nitrogens is 2. The van der Waals surface area contributed by atoms with Gasteiger partial charge in [0.2, 0.25) is 0 Å². The van der Waals surface area contributed by atoms with E-state index in [1.807, 2.05) is 0 Å². The molecule has 0 saturated carbocycles. The van der Waals surface area contributed by atoms with Crippen LogP contribution in [-0.4, -0.2) is 44.4 Å². The monoisotopic (exact) mass is 251 g/mol. The molecule has 1 heterocycles. The fourth-order valence-electron chi connectivity index (χ4n) is 1.67. The molecule has 0 aliphatic rings. The Kier molecular flexibility index (Phi) is 4.36. The van der Waals surface area contributed by atoms with Gasteiger partial charge in [-0.25, -0.2) is 14.8 Å². The number of rotatable bonds is 4. The summed E-state index contributed by atoms with van der Waals surface area (Å²) in [5.41, 5.74) is 0.902. The van der Waals surface area contributed by atoms with E-state index in [1.54, 1.807) is 20.8 Å². The van der Waals surface area contributed by atoms with Crippen molar-refractivity contribution in [3.05, 3.63) is 23.3 Å². The number of carboxylic acids is 1.